The van der Waals surface area contributed by atoms with E-state index >= 15 is 0 Å². The fraction of sp³-hybridized carbons (Fsp3) is 0.758. The highest BCUT2D eigenvalue weighted by Gasteiger charge is 2.72. The molecule has 0 heterocycles. The first kappa shape index (κ1) is 26.0. The lowest BCUT2D eigenvalue weighted by atomic mass is 9.33. The van der Waals surface area contributed by atoms with E-state index in [1.165, 1.54) is 7.11 Å². The van der Waals surface area contributed by atoms with Gasteiger partial charge in [0.05, 0.1) is 18.1 Å². The Morgan fingerprint density at radius 3 is 2.29 bits per heavy atom. The molecule has 1 spiro atoms. The Morgan fingerprint density at radius 2 is 1.68 bits per heavy atom. The Balaban J connectivity index is 1.52. The number of fused-ring (bicyclic) bond motifs is 8. The molecule has 5 heteroatoms. The number of rotatable bonds is 1. The molecule has 0 bridgehead atoms. The van der Waals surface area contributed by atoms with Crippen LogP contribution in [-0.2, 0) is 19.1 Å². The van der Waals surface area contributed by atoms with E-state index in [0.29, 0.717) is 0 Å². The smallest absolute Gasteiger partial charge is 0.312 e. The van der Waals surface area contributed by atoms with Gasteiger partial charge in [-0.05, 0) is 91.9 Å². The lowest BCUT2D eigenvalue weighted by Crippen LogP contribution is -2.66. The predicted molar refractivity (Wildman–Crippen MR) is 143 cm³/mol. The summed E-state index contributed by atoms with van der Waals surface area (Å²) in [5.74, 6) is -0.0970. The number of esters is 1. The number of ether oxygens (including phenoxy) is 1. The molecule has 6 rings (SSSR count). The fourth-order valence-corrected chi connectivity index (χ4v) is 11.0. The summed E-state index contributed by atoms with van der Waals surface area (Å²) in [5, 5.41) is 9.98. The molecule has 0 aromatic heterocycles. The molecule has 0 aliphatic heterocycles. The van der Waals surface area contributed by atoms with Crippen molar-refractivity contribution in [3.05, 3.63) is 23.3 Å². The van der Waals surface area contributed by atoms with Crippen LogP contribution in [-0.4, -0.2) is 24.6 Å². The zero-order chi connectivity index (χ0) is 27.5. The maximum absolute atomic E-state index is 14.4. The first-order valence-electron chi connectivity index (χ1n) is 14.8. The minimum absolute atomic E-state index is 0.0362. The molecule has 0 radical (unpaired) electrons. The van der Waals surface area contributed by atoms with Crippen LogP contribution >= 0.6 is 0 Å². The van der Waals surface area contributed by atoms with Crippen LogP contribution in [0.25, 0.3) is 0 Å². The number of hydrogen-bond donors (Lipinski definition) is 0. The van der Waals surface area contributed by atoms with E-state index in [0.717, 1.165) is 69.8 Å². The van der Waals surface area contributed by atoms with Crippen molar-refractivity contribution >= 4 is 17.5 Å². The van der Waals surface area contributed by atoms with E-state index in [4.69, 9.17) is 4.74 Å². The molecule has 0 amide bonds. The molecular weight excluding hydrogens is 474 g/mol. The largest absolute Gasteiger partial charge is 0.469 e. The summed E-state index contributed by atoms with van der Waals surface area (Å²) >= 11 is 0. The summed E-state index contributed by atoms with van der Waals surface area (Å²) in [6.45, 7) is 11.4. The SMILES string of the molecule is COC(=O)[C@]12CCC(C)(C)C[C@H]1[C@H]1C(=O)C=C3[C@@]4(C)C=C(C#N)C(=O)C5(CCC5)[C@@H]4CC[C@@]3(C)[C@]1(C)CC2. The van der Waals surface area contributed by atoms with Crippen LogP contribution in [0.4, 0.5) is 0 Å². The third-order valence-electron chi connectivity index (χ3n) is 13.4. The number of hydrogen-bond acceptors (Lipinski definition) is 5. The average molecular weight is 518 g/mol. The highest BCUT2D eigenvalue weighted by atomic mass is 16.5. The number of methoxy groups -OCH3 is 1. The molecule has 7 atom stereocenters. The topological polar surface area (TPSA) is 84.2 Å². The first-order valence-corrected chi connectivity index (χ1v) is 14.8. The van der Waals surface area contributed by atoms with Crippen molar-refractivity contribution in [2.24, 2.45) is 50.2 Å². The van der Waals surface area contributed by atoms with Crippen molar-refractivity contribution in [1.82, 2.24) is 0 Å². The zero-order valence-corrected chi connectivity index (χ0v) is 24.0. The molecular formula is C33H43NO4. The van der Waals surface area contributed by atoms with Crippen LogP contribution in [0.3, 0.4) is 0 Å². The highest BCUT2D eigenvalue weighted by Crippen LogP contribution is 2.75. The fourth-order valence-electron chi connectivity index (χ4n) is 11.0. The molecule has 4 saturated carbocycles. The number of ketones is 2. The van der Waals surface area contributed by atoms with Gasteiger partial charge in [-0.2, -0.15) is 5.26 Å². The number of nitrogens with zero attached hydrogens (tertiary/aromatic N) is 1. The van der Waals surface area contributed by atoms with Crippen LogP contribution in [0.2, 0.25) is 0 Å². The monoisotopic (exact) mass is 517 g/mol. The van der Waals surface area contributed by atoms with Gasteiger partial charge in [0.25, 0.3) is 0 Å². The summed E-state index contributed by atoms with van der Waals surface area (Å²) < 4.78 is 5.42. The number of carbonyl (C=O) groups excluding carboxylic acids is 3. The Morgan fingerprint density at radius 1 is 1.00 bits per heavy atom. The molecule has 0 aromatic rings. The van der Waals surface area contributed by atoms with Gasteiger partial charge < -0.3 is 4.74 Å². The van der Waals surface area contributed by atoms with Crippen molar-refractivity contribution in [3.63, 3.8) is 0 Å². The van der Waals surface area contributed by atoms with E-state index < -0.39 is 16.2 Å². The van der Waals surface area contributed by atoms with Crippen molar-refractivity contribution < 1.29 is 19.1 Å². The second kappa shape index (κ2) is 7.70. The molecule has 5 nitrogen and oxygen atoms in total. The van der Waals surface area contributed by atoms with Crippen LogP contribution in [0.1, 0.15) is 98.8 Å². The van der Waals surface area contributed by atoms with Gasteiger partial charge in [0.2, 0.25) is 0 Å². The summed E-state index contributed by atoms with van der Waals surface area (Å²) in [6, 6.07) is 2.24. The maximum atomic E-state index is 14.4. The Labute approximate surface area is 227 Å². The van der Waals surface area contributed by atoms with Gasteiger partial charge in [-0.15, -0.1) is 0 Å². The van der Waals surface area contributed by atoms with Crippen molar-refractivity contribution in [2.45, 2.75) is 98.8 Å². The normalized spacial score (nSPS) is 46.2. The van der Waals surface area contributed by atoms with Crippen molar-refractivity contribution in [3.8, 4) is 6.07 Å². The molecule has 0 saturated heterocycles. The maximum Gasteiger partial charge on any atom is 0.312 e. The Bertz CT molecular complexity index is 1250. The number of allylic oxidation sites excluding steroid dienone is 4. The lowest BCUT2D eigenvalue weighted by Gasteiger charge is -2.69. The van der Waals surface area contributed by atoms with E-state index in [9.17, 15) is 19.6 Å². The lowest BCUT2D eigenvalue weighted by molar-refractivity contribution is -0.192. The van der Waals surface area contributed by atoms with Gasteiger partial charge in [0.15, 0.2) is 11.6 Å². The van der Waals surface area contributed by atoms with Crippen LogP contribution in [0, 0.1) is 61.6 Å². The van der Waals surface area contributed by atoms with Gasteiger partial charge >= 0.3 is 5.97 Å². The molecule has 6 aliphatic rings. The number of nitriles is 1. The first-order chi connectivity index (χ1) is 17.7. The van der Waals surface area contributed by atoms with Crippen LogP contribution in [0.5, 0.6) is 0 Å². The quantitative estimate of drug-likeness (QED) is 0.370. The van der Waals surface area contributed by atoms with Crippen LogP contribution in [0.15, 0.2) is 23.3 Å². The molecule has 38 heavy (non-hydrogen) atoms. The van der Waals surface area contributed by atoms with Gasteiger partial charge in [0.1, 0.15) is 6.07 Å². The summed E-state index contributed by atoms with van der Waals surface area (Å²) in [6.07, 6.45) is 12.6. The minimum atomic E-state index is -0.589. The van der Waals surface area contributed by atoms with Crippen molar-refractivity contribution in [2.75, 3.05) is 7.11 Å². The predicted octanol–water partition coefficient (Wildman–Crippen LogP) is 6.52. The van der Waals surface area contributed by atoms with Gasteiger partial charge in [-0.25, -0.2) is 0 Å². The minimum Gasteiger partial charge on any atom is -0.469 e. The average Bonchev–Trinajstić information content (AvgIpc) is 2.83. The summed E-state index contributed by atoms with van der Waals surface area (Å²) in [4.78, 5) is 41.3. The molecule has 204 valence electrons. The van der Waals surface area contributed by atoms with E-state index in [2.05, 4.69) is 40.7 Å². The van der Waals surface area contributed by atoms with E-state index in [-0.39, 0.29) is 57.1 Å². The number of carbonyl (C=O) groups is 3. The van der Waals surface area contributed by atoms with Crippen LogP contribution < -0.4 is 0 Å². The molecule has 6 aliphatic carbocycles. The summed E-state index contributed by atoms with van der Waals surface area (Å²) in [7, 11) is 1.49. The van der Waals surface area contributed by atoms with E-state index in [1.807, 2.05) is 12.2 Å². The third-order valence-corrected chi connectivity index (χ3v) is 13.4. The highest BCUT2D eigenvalue weighted by molar-refractivity contribution is 6.05. The molecule has 0 N–H and O–H groups in total. The molecule has 0 aromatic carbocycles. The van der Waals surface area contributed by atoms with Crippen molar-refractivity contribution in [1.29, 1.82) is 5.26 Å². The third kappa shape index (κ3) is 2.85. The second-order valence-corrected chi connectivity index (χ2v) is 15.2. The standard InChI is InChI=1S/C33H43NO4/c1-28(2)12-14-32(27(37)38-6)15-13-31(5)25(21(32)18-28)22(35)16-24-29(3)17-20(19-34)26(36)33(9-7-10-33)23(29)8-11-30(24,31)4/h16-17,21,23,25H,7-15,18H2,1-6H3/t21-,23+,25-,29-,30+,31+,32-/m0/s1. The van der Waals surface area contributed by atoms with E-state index in [1.54, 1.807) is 0 Å². The second-order valence-electron chi connectivity index (χ2n) is 15.2. The zero-order valence-electron chi connectivity index (χ0n) is 24.0. The Hall–Kier alpha value is -2.22. The summed E-state index contributed by atoms with van der Waals surface area (Å²) in [5.41, 5.74) is -0.576. The van der Waals surface area contributed by atoms with Gasteiger partial charge in [-0.1, -0.05) is 52.7 Å². The number of Topliss-reactive ketones (excluding diaryl/α,β-unsaturated/α-hetero) is 1. The molecule has 0 unspecified atom stereocenters. The van der Waals surface area contributed by atoms with Gasteiger partial charge in [0, 0.05) is 16.7 Å². The van der Waals surface area contributed by atoms with Gasteiger partial charge in [-0.3, -0.25) is 14.4 Å². The molecule has 4 fully saturated rings. The Kier molecular flexibility index (Phi) is 5.28.